The molecular weight excluding hydrogens is 376 g/mol. The SMILES string of the molecule is CCCOC(C)c1ccc2c(c1)ncn2-c1cccc(N2CCN(C(C)=O)CC2)c1. The minimum Gasteiger partial charge on any atom is -0.374 e. The summed E-state index contributed by atoms with van der Waals surface area (Å²) < 4.78 is 7.99. The van der Waals surface area contributed by atoms with Crippen molar-refractivity contribution in [2.75, 3.05) is 37.7 Å². The van der Waals surface area contributed by atoms with Crippen molar-refractivity contribution < 1.29 is 9.53 Å². The van der Waals surface area contributed by atoms with Gasteiger partial charge in [-0.25, -0.2) is 4.98 Å². The minimum absolute atomic E-state index is 0.0662. The summed E-state index contributed by atoms with van der Waals surface area (Å²) in [5, 5.41) is 0. The zero-order valence-corrected chi connectivity index (χ0v) is 18.0. The molecule has 1 fully saturated rings. The van der Waals surface area contributed by atoms with Gasteiger partial charge in [0.25, 0.3) is 0 Å². The van der Waals surface area contributed by atoms with Gasteiger partial charge in [0.1, 0.15) is 6.33 Å². The highest BCUT2D eigenvalue weighted by Crippen LogP contribution is 2.26. The number of ether oxygens (including phenoxy) is 1. The van der Waals surface area contributed by atoms with Crippen molar-refractivity contribution in [3.63, 3.8) is 0 Å². The smallest absolute Gasteiger partial charge is 0.219 e. The molecule has 0 saturated carbocycles. The molecule has 3 aromatic rings. The molecule has 0 bridgehead atoms. The van der Waals surface area contributed by atoms with Crippen LogP contribution in [0.15, 0.2) is 48.8 Å². The van der Waals surface area contributed by atoms with E-state index in [9.17, 15) is 4.79 Å². The molecule has 0 N–H and O–H groups in total. The van der Waals surface area contributed by atoms with E-state index in [-0.39, 0.29) is 12.0 Å². The van der Waals surface area contributed by atoms with Crippen LogP contribution in [0.1, 0.15) is 38.9 Å². The molecule has 2 aromatic carbocycles. The number of benzene rings is 2. The number of fused-ring (bicyclic) bond motifs is 1. The zero-order chi connectivity index (χ0) is 21.1. The molecule has 158 valence electrons. The molecule has 0 aliphatic carbocycles. The summed E-state index contributed by atoms with van der Waals surface area (Å²) in [4.78, 5) is 20.5. The van der Waals surface area contributed by atoms with Gasteiger partial charge in [0.15, 0.2) is 0 Å². The molecule has 30 heavy (non-hydrogen) atoms. The fraction of sp³-hybridized carbons (Fsp3) is 0.417. The molecule has 1 saturated heterocycles. The summed E-state index contributed by atoms with van der Waals surface area (Å²) in [5.41, 5.74) is 5.47. The summed E-state index contributed by atoms with van der Waals surface area (Å²) in [6, 6.07) is 14.9. The third-order valence-electron chi connectivity index (χ3n) is 5.81. The number of hydrogen-bond acceptors (Lipinski definition) is 4. The highest BCUT2D eigenvalue weighted by atomic mass is 16.5. The second-order valence-corrected chi connectivity index (χ2v) is 7.89. The summed E-state index contributed by atoms with van der Waals surface area (Å²) >= 11 is 0. The van der Waals surface area contributed by atoms with Crippen molar-refractivity contribution in [2.45, 2.75) is 33.3 Å². The summed E-state index contributed by atoms with van der Waals surface area (Å²) in [7, 11) is 0. The molecule has 0 spiro atoms. The van der Waals surface area contributed by atoms with Gasteiger partial charge in [-0.2, -0.15) is 0 Å². The lowest BCUT2D eigenvalue weighted by atomic mass is 10.1. The van der Waals surface area contributed by atoms with Crippen LogP contribution >= 0.6 is 0 Å². The molecule has 1 unspecified atom stereocenters. The molecule has 0 radical (unpaired) electrons. The van der Waals surface area contributed by atoms with Crippen LogP contribution in [0.5, 0.6) is 0 Å². The normalized spacial score (nSPS) is 15.6. The lowest BCUT2D eigenvalue weighted by Gasteiger charge is -2.35. The van der Waals surface area contributed by atoms with Crippen LogP contribution < -0.4 is 4.90 Å². The van der Waals surface area contributed by atoms with E-state index in [1.807, 2.05) is 11.2 Å². The van der Waals surface area contributed by atoms with E-state index >= 15 is 0 Å². The monoisotopic (exact) mass is 406 g/mol. The van der Waals surface area contributed by atoms with Gasteiger partial charge in [0.05, 0.1) is 17.1 Å². The number of carbonyl (C=O) groups excluding carboxylic acids is 1. The molecule has 1 amide bonds. The Bertz CT molecular complexity index is 1020. The molecular formula is C24H30N4O2. The van der Waals surface area contributed by atoms with Crippen LogP contribution in [0.4, 0.5) is 5.69 Å². The van der Waals surface area contributed by atoms with Gasteiger partial charge in [-0.1, -0.05) is 19.1 Å². The quantitative estimate of drug-likeness (QED) is 0.616. The maximum Gasteiger partial charge on any atom is 0.219 e. The first-order valence-electron chi connectivity index (χ1n) is 10.8. The Hall–Kier alpha value is -2.86. The van der Waals surface area contributed by atoms with Gasteiger partial charge in [-0.05, 0) is 49.2 Å². The Kier molecular flexibility index (Phi) is 6.04. The number of rotatable bonds is 6. The number of nitrogens with zero attached hydrogens (tertiary/aromatic N) is 4. The Morgan fingerprint density at radius 1 is 1.10 bits per heavy atom. The van der Waals surface area contributed by atoms with E-state index in [2.05, 4.69) is 70.8 Å². The van der Waals surface area contributed by atoms with Crippen LogP contribution in [-0.2, 0) is 9.53 Å². The predicted molar refractivity (Wildman–Crippen MR) is 120 cm³/mol. The van der Waals surface area contributed by atoms with Crippen LogP contribution in [0.25, 0.3) is 16.7 Å². The van der Waals surface area contributed by atoms with E-state index in [4.69, 9.17) is 4.74 Å². The lowest BCUT2D eigenvalue weighted by molar-refractivity contribution is -0.129. The van der Waals surface area contributed by atoms with E-state index in [0.29, 0.717) is 0 Å². The number of amides is 1. The third-order valence-corrected chi connectivity index (χ3v) is 5.81. The molecule has 4 rings (SSSR count). The van der Waals surface area contributed by atoms with Crippen molar-refractivity contribution in [1.82, 2.24) is 14.5 Å². The van der Waals surface area contributed by atoms with Crippen molar-refractivity contribution >= 4 is 22.6 Å². The highest BCUT2D eigenvalue weighted by Gasteiger charge is 2.19. The van der Waals surface area contributed by atoms with E-state index in [0.717, 1.165) is 61.5 Å². The number of anilines is 1. The van der Waals surface area contributed by atoms with Gasteiger partial charge in [0.2, 0.25) is 5.91 Å². The molecule has 1 atom stereocenters. The van der Waals surface area contributed by atoms with Crippen LogP contribution in [0.2, 0.25) is 0 Å². The molecule has 6 heteroatoms. The number of imidazole rings is 1. The zero-order valence-electron chi connectivity index (χ0n) is 18.0. The van der Waals surface area contributed by atoms with E-state index in [1.54, 1.807) is 6.92 Å². The first kappa shape index (κ1) is 20.4. The van der Waals surface area contributed by atoms with Gasteiger partial charge < -0.3 is 14.5 Å². The van der Waals surface area contributed by atoms with Gasteiger partial charge in [-0.15, -0.1) is 0 Å². The first-order chi connectivity index (χ1) is 14.6. The fourth-order valence-corrected chi connectivity index (χ4v) is 4.00. The van der Waals surface area contributed by atoms with E-state index in [1.165, 1.54) is 5.69 Å². The molecule has 6 nitrogen and oxygen atoms in total. The van der Waals surface area contributed by atoms with Gasteiger partial charge in [-0.3, -0.25) is 9.36 Å². The molecule has 2 heterocycles. The predicted octanol–water partition coefficient (Wildman–Crippen LogP) is 4.18. The van der Waals surface area contributed by atoms with E-state index < -0.39 is 0 Å². The number of piperazine rings is 1. The standard InChI is InChI=1S/C24H30N4O2/c1-4-14-30-18(2)20-8-9-24-23(15-20)25-17-28(24)22-7-5-6-21(16-22)27-12-10-26(11-13-27)19(3)29/h5-9,15-18H,4,10-14H2,1-3H3. The molecule has 1 aliphatic heterocycles. The molecule has 1 aliphatic rings. The summed E-state index contributed by atoms with van der Waals surface area (Å²) in [5.74, 6) is 0.155. The number of hydrogen-bond donors (Lipinski definition) is 0. The lowest BCUT2D eigenvalue weighted by Crippen LogP contribution is -2.48. The van der Waals surface area contributed by atoms with Crippen molar-refractivity contribution in [2.24, 2.45) is 0 Å². The average molecular weight is 407 g/mol. The minimum atomic E-state index is 0.0662. The number of aromatic nitrogens is 2. The van der Waals surface area contributed by atoms with Crippen LogP contribution in [-0.4, -0.2) is 53.1 Å². The Labute approximate surface area is 178 Å². The Balaban J connectivity index is 1.56. The van der Waals surface area contributed by atoms with Crippen molar-refractivity contribution in [3.8, 4) is 5.69 Å². The summed E-state index contributed by atoms with van der Waals surface area (Å²) in [6.45, 7) is 9.87. The van der Waals surface area contributed by atoms with Crippen LogP contribution in [0.3, 0.4) is 0 Å². The molecule has 1 aromatic heterocycles. The van der Waals surface area contributed by atoms with Crippen molar-refractivity contribution in [3.05, 3.63) is 54.4 Å². The van der Waals surface area contributed by atoms with Crippen LogP contribution in [0, 0.1) is 0 Å². The first-order valence-corrected chi connectivity index (χ1v) is 10.8. The summed E-state index contributed by atoms with van der Waals surface area (Å²) in [6.07, 6.45) is 2.97. The highest BCUT2D eigenvalue weighted by molar-refractivity contribution is 5.78. The van der Waals surface area contributed by atoms with Gasteiger partial charge in [0, 0.05) is 51.1 Å². The second-order valence-electron chi connectivity index (χ2n) is 7.89. The Morgan fingerprint density at radius 3 is 2.60 bits per heavy atom. The maximum atomic E-state index is 11.6. The third kappa shape index (κ3) is 4.19. The topological polar surface area (TPSA) is 50.6 Å². The Morgan fingerprint density at radius 2 is 1.87 bits per heavy atom. The second kappa shape index (κ2) is 8.88. The van der Waals surface area contributed by atoms with Gasteiger partial charge >= 0.3 is 0 Å². The number of carbonyl (C=O) groups is 1. The van der Waals surface area contributed by atoms with Crippen molar-refractivity contribution in [1.29, 1.82) is 0 Å². The fourth-order valence-electron chi connectivity index (χ4n) is 4.00. The average Bonchev–Trinajstić information content (AvgIpc) is 3.21. The largest absolute Gasteiger partial charge is 0.374 e. The maximum absolute atomic E-state index is 11.6.